The molecule has 1 aliphatic heterocycles. The van der Waals surface area contributed by atoms with E-state index in [1.54, 1.807) is 18.3 Å². The molecule has 1 aliphatic rings. The average molecular weight is 324 g/mol. The molecule has 6 nitrogen and oxygen atoms in total. The molecule has 6 heteroatoms. The van der Waals surface area contributed by atoms with Gasteiger partial charge in [0.2, 0.25) is 5.91 Å². The van der Waals surface area contributed by atoms with Gasteiger partial charge in [-0.1, -0.05) is 18.2 Å². The summed E-state index contributed by atoms with van der Waals surface area (Å²) in [5, 5.41) is 2.94. The molecule has 0 radical (unpaired) electrons. The van der Waals surface area contributed by atoms with Gasteiger partial charge >= 0.3 is 0 Å². The number of aromatic nitrogens is 1. The molecule has 1 unspecified atom stereocenters. The van der Waals surface area contributed by atoms with Crippen molar-refractivity contribution < 1.29 is 9.59 Å². The third-order valence-electron chi connectivity index (χ3n) is 4.19. The zero-order valence-corrected chi connectivity index (χ0v) is 13.3. The first-order valence-corrected chi connectivity index (χ1v) is 8.01. The Bertz CT molecular complexity index is 733. The van der Waals surface area contributed by atoms with E-state index in [0.29, 0.717) is 17.9 Å². The van der Waals surface area contributed by atoms with Crippen molar-refractivity contribution >= 4 is 23.3 Å². The highest BCUT2D eigenvalue weighted by Gasteiger charge is 2.28. The lowest BCUT2D eigenvalue weighted by molar-refractivity contribution is -0.120. The van der Waals surface area contributed by atoms with Crippen LogP contribution in [0.5, 0.6) is 0 Å². The van der Waals surface area contributed by atoms with Gasteiger partial charge in [-0.15, -0.1) is 0 Å². The van der Waals surface area contributed by atoms with Crippen LogP contribution < -0.4 is 16.0 Å². The first-order valence-electron chi connectivity index (χ1n) is 8.01. The number of nitrogens with one attached hydrogen (secondary N) is 1. The van der Waals surface area contributed by atoms with Crippen LogP contribution in [0.3, 0.4) is 0 Å². The Labute approximate surface area is 140 Å². The maximum atomic E-state index is 12.5. The molecule has 0 aliphatic carbocycles. The van der Waals surface area contributed by atoms with Crippen molar-refractivity contribution in [1.29, 1.82) is 0 Å². The molecule has 0 saturated carbocycles. The molecule has 124 valence electrons. The highest BCUT2D eigenvalue weighted by atomic mass is 16.2. The van der Waals surface area contributed by atoms with Crippen LogP contribution in [0.25, 0.3) is 0 Å². The highest BCUT2D eigenvalue weighted by molar-refractivity contribution is 5.98. The number of primary amides is 1. The quantitative estimate of drug-likeness (QED) is 0.901. The third-order valence-corrected chi connectivity index (χ3v) is 4.19. The zero-order chi connectivity index (χ0) is 16.9. The van der Waals surface area contributed by atoms with Crippen LogP contribution in [0.1, 0.15) is 23.2 Å². The molecule has 3 rings (SSSR count). The number of amides is 2. The first-order chi connectivity index (χ1) is 11.6. The van der Waals surface area contributed by atoms with Gasteiger partial charge in [0.1, 0.15) is 5.82 Å². The number of para-hydroxylation sites is 1. The molecule has 1 aromatic heterocycles. The van der Waals surface area contributed by atoms with Crippen LogP contribution in [0.2, 0.25) is 0 Å². The van der Waals surface area contributed by atoms with Gasteiger partial charge < -0.3 is 16.0 Å². The number of hydrogen-bond acceptors (Lipinski definition) is 4. The Hall–Kier alpha value is -2.89. The number of benzene rings is 1. The van der Waals surface area contributed by atoms with E-state index < -0.39 is 5.91 Å². The van der Waals surface area contributed by atoms with Crippen LogP contribution in [-0.4, -0.2) is 29.9 Å². The maximum Gasteiger partial charge on any atom is 0.252 e. The summed E-state index contributed by atoms with van der Waals surface area (Å²) < 4.78 is 0. The predicted molar refractivity (Wildman–Crippen MR) is 92.8 cm³/mol. The van der Waals surface area contributed by atoms with Crippen molar-refractivity contribution in [2.75, 3.05) is 23.3 Å². The van der Waals surface area contributed by atoms with E-state index in [-0.39, 0.29) is 11.8 Å². The second-order valence-electron chi connectivity index (χ2n) is 5.88. The van der Waals surface area contributed by atoms with E-state index >= 15 is 0 Å². The van der Waals surface area contributed by atoms with Crippen molar-refractivity contribution in [3.63, 3.8) is 0 Å². The number of carbonyl (C=O) groups excluding carboxylic acids is 2. The summed E-state index contributed by atoms with van der Waals surface area (Å²) in [4.78, 5) is 30.4. The number of nitrogens with zero attached hydrogens (tertiary/aromatic N) is 2. The number of rotatable bonds is 4. The van der Waals surface area contributed by atoms with Gasteiger partial charge in [0.15, 0.2) is 0 Å². The first kappa shape index (κ1) is 16.0. The molecule has 0 bridgehead atoms. The smallest absolute Gasteiger partial charge is 0.252 e. The molecule has 1 aromatic carbocycles. The third kappa shape index (κ3) is 3.53. The van der Waals surface area contributed by atoms with Gasteiger partial charge in [0, 0.05) is 25.0 Å². The summed E-state index contributed by atoms with van der Waals surface area (Å²) in [7, 11) is 0. The molecule has 2 amide bonds. The number of pyridine rings is 1. The predicted octanol–water partition coefficient (Wildman–Crippen LogP) is 2.04. The van der Waals surface area contributed by atoms with Gasteiger partial charge in [-0.25, -0.2) is 4.98 Å². The van der Waals surface area contributed by atoms with Gasteiger partial charge in [0.25, 0.3) is 5.91 Å². The Morgan fingerprint density at radius 1 is 1.17 bits per heavy atom. The molecule has 24 heavy (non-hydrogen) atoms. The fourth-order valence-corrected chi connectivity index (χ4v) is 2.99. The number of carbonyl (C=O) groups is 2. The standard InChI is InChI=1S/C18H20N4O2/c19-16(23)15-9-4-10-20-17(15)22-11-5-6-13(12-22)18(24)21-14-7-2-1-3-8-14/h1-4,7-10,13H,5-6,11-12H2,(H2,19,23)(H,21,24). The minimum absolute atomic E-state index is 0.0116. The highest BCUT2D eigenvalue weighted by Crippen LogP contribution is 2.25. The van der Waals surface area contributed by atoms with Crippen LogP contribution in [0.15, 0.2) is 48.7 Å². The van der Waals surface area contributed by atoms with Gasteiger partial charge in [-0.2, -0.15) is 0 Å². The summed E-state index contributed by atoms with van der Waals surface area (Å²) in [6, 6.07) is 12.8. The van der Waals surface area contributed by atoms with Crippen molar-refractivity contribution in [1.82, 2.24) is 4.98 Å². The van der Waals surface area contributed by atoms with Crippen LogP contribution in [-0.2, 0) is 4.79 Å². The summed E-state index contributed by atoms with van der Waals surface area (Å²) >= 11 is 0. The molecule has 1 atom stereocenters. The van der Waals surface area contributed by atoms with Gasteiger partial charge in [-0.05, 0) is 37.1 Å². The molecule has 2 heterocycles. The zero-order valence-electron chi connectivity index (χ0n) is 13.3. The molecule has 1 fully saturated rings. The van der Waals surface area contributed by atoms with Gasteiger partial charge in [-0.3, -0.25) is 9.59 Å². The minimum Gasteiger partial charge on any atom is -0.365 e. The summed E-state index contributed by atoms with van der Waals surface area (Å²) in [6.45, 7) is 1.28. The molecule has 0 spiro atoms. The van der Waals surface area contributed by atoms with E-state index in [2.05, 4.69) is 10.3 Å². The lowest BCUT2D eigenvalue weighted by Gasteiger charge is -2.33. The summed E-state index contributed by atoms with van der Waals surface area (Å²) in [5.41, 5.74) is 6.61. The number of hydrogen-bond donors (Lipinski definition) is 2. The SMILES string of the molecule is NC(=O)c1cccnc1N1CCCC(C(=O)Nc2ccccc2)C1. The molecule has 3 N–H and O–H groups in total. The Morgan fingerprint density at radius 3 is 2.71 bits per heavy atom. The van der Waals surface area contributed by atoms with Crippen molar-refractivity contribution in [2.24, 2.45) is 11.7 Å². The number of anilines is 2. The van der Waals surface area contributed by atoms with Crippen molar-refractivity contribution in [3.8, 4) is 0 Å². The van der Waals surface area contributed by atoms with Crippen LogP contribution in [0, 0.1) is 5.92 Å². The van der Waals surface area contributed by atoms with E-state index in [4.69, 9.17) is 5.73 Å². The molecule has 2 aromatic rings. The van der Waals surface area contributed by atoms with E-state index in [9.17, 15) is 9.59 Å². The van der Waals surface area contributed by atoms with E-state index in [1.807, 2.05) is 35.2 Å². The fourth-order valence-electron chi connectivity index (χ4n) is 2.99. The van der Waals surface area contributed by atoms with E-state index in [1.165, 1.54) is 0 Å². The van der Waals surface area contributed by atoms with Crippen LogP contribution in [0.4, 0.5) is 11.5 Å². The molecular weight excluding hydrogens is 304 g/mol. The Kier molecular flexibility index (Phi) is 4.74. The Morgan fingerprint density at radius 2 is 1.96 bits per heavy atom. The maximum absolute atomic E-state index is 12.5. The van der Waals surface area contributed by atoms with Crippen molar-refractivity contribution in [2.45, 2.75) is 12.8 Å². The monoisotopic (exact) mass is 324 g/mol. The van der Waals surface area contributed by atoms with Gasteiger partial charge in [0.05, 0.1) is 11.5 Å². The Balaban J connectivity index is 1.73. The number of nitrogens with two attached hydrogens (primary N) is 1. The number of piperidine rings is 1. The summed E-state index contributed by atoms with van der Waals surface area (Å²) in [6.07, 6.45) is 3.31. The topological polar surface area (TPSA) is 88.3 Å². The second-order valence-corrected chi connectivity index (χ2v) is 5.88. The second kappa shape index (κ2) is 7.12. The fraction of sp³-hybridized carbons (Fsp3) is 0.278. The van der Waals surface area contributed by atoms with E-state index in [0.717, 1.165) is 25.1 Å². The summed E-state index contributed by atoms with van der Waals surface area (Å²) in [5.74, 6) is -0.111. The molecular formula is C18H20N4O2. The van der Waals surface area contributed by atoms with Crippen LogP contribution >= 0.6 is 0 Å². The average Bonchev–Trinajstić information content (AvgIpc) is 2.62. The van der Waals surface area contributed by atoms with Crippen molar-refractivity contribution in [3.05, 3.63) is 54.2 Å². The molecule has 1 saturated heterocycles. The largest absolute Gasteiger partial charge is 0.365 e. The lowest BCUT2D eigenvalue weighted by Crippen LogP contribution is -2.42. The lowest BCUT2D eigenvalue weighted by atomic mass is 9.96. The minimum atomic E-state index is -0.506. The normalized spacial score (nSPS) is 17.3.